The lowest BCUT2D eigenvalue weighted by molar-refractivity contribution is -0.140. The van der Waals surface area contributed by atoms with E-state index in [0.29, 0.717) is 31.7 Å². The van der Waals surface area contributed by atoms with Gasteiger partial charge in [0.1, 0.15) is 17.6 Å². The summed E-state index contributed by atoms with van der Waals surface area (Å²) in [7, 11) is 2.16. The molecule has 12 heteroatoms. The Labute approximate surface area is 254 Å². The second-order valence-corrected chi connectivity index (χ2v) is 11.7. The number of alkyl halides is 3. The SMILES string of the molecule is CCNc1cc2c(cn1)c(-c1ccc(CN3CCN(C)CC3)cc1)nn2[C@H]1CC[C@@H](Oc2nccc(C(F)(F)F)c2F)CC1. The molecule has 1 aliphatic carbocycles. The lowest BCUT2D eigenvalue weighted by Crippen LogP contribution is -2.43. The Morgan fingerprint density at radius 1 is 0.977 bits per heavy atom. The maximum Gasteiger partial charge on any atom is 0.419 e. The van der Waals surface area contributed by atoms with Crippen molar-refractivity contribution in [2.45, 2.75) is 57.5 Å². The molecule has 4 aromatic rings. The number of halogens is 4. The van der Waals surface area contributed by atoms with Crippen molar-refractivity contribution in [3.63, 3.8) is 0 Å². The number of piperazine rings is 1. The topological polar surface area (TPSA) is 71.3 Å². The predicted octanol–water partition coefficient (Wildman–Crippen LogP) is 6.39. The quantitative estimate of drug-likeness (QED) is 0.232. The van der Waals surface area contributed by atoms with E-state index < -0.39 is 29.5 Å². The number of pyridine rings is 2. The molecule has 3 aromatic heterocycles. The maximum atomic E-state index is 14.5. The lowest BCUT2D eigenvalue weighted by atomic mass is 9.93. The molecule has 0 unspecified atom stereocenters. The largest absolute Gasteiger partial charge is 0.472 e. The minimum atomic E-state index is -4.81. The Morgan fingerprint density at radius 2 is 1.70 bits per heavy atom. The van der Waals surface area contributed by atoms with Crippen LogP contribution >= 0.6 is 0 Å². The summed E-state index contributed by atoms with van der Waals surface area (Å²) in [4.78, 5) is 13.2. The van der Waals surface area contributed by atoms with Crippen molar-refractivity contribution in [3.05, 3.63) is 65.7 Å². The molecule has 1 saturated carbocycles. The molecule has 1 N–H and O–H groups in total. The van der Waals surface area contributed by atoms with Crippen LogP contribution in [0.15, 0.2) is 48.8 Å². The predicted molar refractivity (Wildman–Crippen MR) is 161 cm³/mol. The fourth-order valence-corrected chi connectivity index (χ4v) is 6.12. The van der Waals surface area contributed by atoms with Gasteiger partial charge >= 0.3 is 6.18 Å². The summed E-state index contributed by atoms with van der Waals surface area (Å²) in [6.07, 6.45) is -0.0535. The minimum absolute atomic E-state index is 0.0406. The zero-order valence-corrected chi connectivity index (χ0v) is 24.9. The Balaban J connectivity index is 1.20. The highest BCUT2D eigenvalue weighted by molar-refractivity contribution is 5.94. The molecule has 2 fully saturated rings. The van der Waals surface area contributed by atoms with Gasteiger partial charge in [0.25, 0.3) is 5.88 Å². The van der Waals surface area contributed by atoms with Gasteiger partial charge in [0, 0.05) is 68.7 Å². The van der Waals surface area contributed by atoms with E-state index >= 15 is 0 Å². The number of nitrogens with zero attached hydrogens (tertiary/aromatic N) is 6. The monoisotopic (exact) mass is 611 g/mol. The fourth-order valence-electron chi connectivity index (χ4n) is 6.12. The molecule has 6 rings (SSSR count). The zero-order valence-electron chi connectivity index (χ0n) is 24.9. The Hall–Kier alpha value is -3.77. The second-order valence-electron chi connectivity index (χ2n) is 11.7. The molecule has 234 valence electrons. The van der Waals surface area contributed by atoms with Gasteiger partial charge in [-0.25, -0.2) is 14.4 Å². The number of benzene rings is 1. The van der Waals surface area contributed by atoms with Crippen LogP contribution in [-0.2, 0) is 12.7 Å². The summed E-state index contributed by atoms with van der Waals surface area (Å²) >= 11 is 0. The van der Waals surface area contributed by atoms with Gasteiger partial charge in [-0.05, 0) is 51.3 Å². The summed E-state index contributed by atoms with van der Waals surface area (Å²) in [5.74, 6) is -1.31. The summed E-state index contributed by atoms with van der Waals surface area (Å²) in [6.45, 7) is 7.95. The number of likely N-dealkylation sites (N-methyl/N-ethyl adjacent to an activating group) is 1. The van der Waals surface area contributed by atoms with Crippen molar-refractivity contribution >= 4 is 16.7 Å². The van der Waals surface area contributed by atoms with Crippen LogP contribution < -0.4 is 10.1 Å². The molecule has 0 bridgehead atoms. The molecule has 8 nitrogen and oxygen atoms in total. The number of aromatic nitrogens is 4. The van der Waals surface area contributed by atoms with Gasteiger partial charge in [-0.2, -0.15) is 18.3 Å². The molecule has 0 amide bonds. The smallest absolute Gasteiger partial charge is 0.419 e. The Kier molecular flexibility index (Phi) is 8.73. The molecule has 0 radical (unpaired) electrons. The van der Waals surface area contributed by atoms with Gasteiger partial charge in [-0.1, -0.05) is 24.3 Å². The maximum absolute atomic E-state index is 14.5. The third-order valence-electron chi connectivity index (χ3n) is 8.61. The van der Waals surface area contributed by atoms with Gasteiger partial charge in [-0.3, -0.25) is 9.58 Å². The number of fused-ring (bicyclic) bond motifs is 1. The highest BCUT2D eigenvalue weighted by atomic mass is 19.4. The summed E-state index contributed by atoms with van der Waals surface area (Å²) in [5, 5.41) is 9.33. The Morgan fingerprint density at radius 3 is 2.39 bits per heavy atom. The van der Waals surface area contributed by atoms with Crippen molar-refractivity contribution in [2.75, 3.05) is 45.1 Å². The summed E-state index contributed by atoms with van der Waals surface area (Å²) < 4.78 is 61.7. The third-order valence-corrected chi connectivity index (χ3v) is 8.61. The molecular weight excluding hydrogens is 574 g/mol. The molecule has 4 heterocycles. The standard InChI is InChI=1S/C32H37F4N7O/c1-3-37-28-18-27-25(19-39-28)30(22-6-4-21(5-7-22)20-42-16-14-41(2)15-17-42)40-43(27)23-8-10-24(11-9-23)44-31-29(33)26(12-13-38-31)32(34,35)36/h4-7,12-13,18-19,23-24H,3,8-11,14-17,20H2,1-2H3,(H,37,39)/t23-,24+. The zero-order chi connectivity index (χ0) is 30.8. The number of hydrogen-bond donors (Lipinski definition) is 1. The van der Waals surface area contributed by atoms with Crippen LogP contribution in [-0.4, -0.2) is 75.4 Å². The first-order chi connectivity index (χ1) is 21.2. The first-order valence-electron chi connectivity index (χ1n) is 15.2. The van der Waals surface area contributed by atoms with E-state index in [4.69, 9.17) is 9.84 Å². The van der Waals surface area contributed by atoms with Crippen molar-refractivity contribution in [3.8, 4) is 17.1 Å². The minimum Gasteiger partial charge on any atom is -0.472 e. The van der Waals surface area contributed by atoms with E-state index in [1.54, 1.807) is 0 Å². The molecule has 2 aliphatic rings. The third kappa shape index (κ3) is 6.51. The van der Waals surface area contributed by atoms with Gasteiger partial charge in [-0.15, -0.1) is 0 Å². The highest BCUT2D eigenvalue weighted by Gasteiger charge is 2.36. The van der Waals surface area contributed by atoms with Crippen LogP contribution in [0.2, 0.25) is 0 Å². The van der Waals surface area contributed by atoms with Crippen molar-refractivity contribution in [1.82, 2.24) is 29.5 Å². The number of anilines is 1. The second kappa shape index (κ2) is 12.7. The fraction of sp³-hybridized carbons (Fsp3) is 0.469. The van der Waals surface area contributed by atoms with Crippen LogP contribution in [0.5, 0.6) is 5.88 Å². The number of ether oxygens (including phenoxy) is 1. The van der Waals surface area contributed by atoms with Crippen LogP contribution in [0.25, 0.3) is 22.2 Å². The highest BCUT2D eigenvalue weighted by Crippen LogP contribution is 2.38. The van der Waals surface area contributed by atoms with Gasteiger partial charge < -0.3 is 15.0 Å². The lowest BCUT2D eigenvalue weighted by Gasteiger charge is -2.32. The number of rotatable bonds is 8. The molecule has 0 spiro atoms. The average Bonchev–Trinajstić information content (AvgIpc) is 3.38. The van der Waals surface area contributed by atoms with Gasteiger partial charge in [0.2, 0.25) is 0 Å². The summed E-state index contributed by atoms with van der Waals surface area (Å²) in [6, 6.07) is 11.3. The van der Waals surface area contributed by atoms with Crippen LogP contribution in [0.3, 0.4) is 0 Å². The summed E-state index contributed by atoms with van der Waals surface area (Å²) in [5.41, 5.74) is 2.72. The molecule has 44 heavy (non-hydrogen) atoms. The van der Waals surface area contributed by atoms with Crippen LogP contribution in [0, 0.1) is 5.82 Å². The Bertz CT molecular complexity index is 1570. The molecule has 1 aromatic carbocycles. The first kappa shape index (κ1) is 30.3. The number of nitrogens with one attached hydrogen (secondary N) is 1. The van der Waals surface area contributed by atoms with E-state index in [1.165, 1.54) is 5.56 Å². The van der Waals surface area contributed by atoms with Gasteiger partial charge in [0.05, 0.1) is 17.1 Å². The first-order valence-corrected chi connectivity index (χ1v) is 15.2. The van der Waals surface area contributed by atoms with Gasteiger partial charge in [0.15, 0.2) is 5.82 Å². The van der Waals surface area contributed by atoms with Crippen LogP contribution in [0.4, 0.5) is 23.4 Å². The molecule has 1 saturated heterocycles. The van der Waals surface area contributed by atoms with E-state index in [1.807, 2.05) is 23.9 Å². The molecule has 0 atom stereocenters. The normalized spacial score (nSPS) is 20.2. The average molecular weight is 612 g/mol. The van der Waals surface area contributed by atoms with E-state index in [9.17, 15) is 17.6 Å². The molecule has 1 aliphatic heterocycles. The van der Waals surface area contributed by atoms with E-state index in [2.05, 4.69) is 56.4 Å². The van der Waals surface area contributed by atoms with E-state index in [0.717, 1.165) is 73.4 Å². The van der Waals surface area contributed by atoms with Crippen molar-refractivity contribution < 1.29 is 22.3 Å². The van der Waals surface area contributed by atoms with Crippen LogP contribution in [0.1, 0.15) is 49.8 Å². The van der Waals surface area contributed by atoms with E-state index in [-0.39, 0.29) is 6.04 Å². The van der Waals surface area contributed by atoms with Crippen molar-refractivity contribution in [1.29, 1.82) is 0 Å². The van der Waals surface area contributed by atoms with Crippen molar-refractivity contribution in [2.24, 2.45) is 0 Å². The number of hydrogen-bond acceptors (Lipinski definition) is 7. The molecular formula is C32H37F4N7O.